The molecule has 1 aromatic carbocycles. The van der Waals surface area contributed by atoms with E-state index in [2.05, 4.69) is 30.4 Å². The predicted octanol–water partition coefficient (Wildman–Crippen LogP) is 2.73. The number of nitrogens with one attached hydrogen (secondary N) is 1. The van der Waals surface area contributed by atoms with Gasteiger partial charge in [-0.2, -0.15) is 5.26 Å². The molecule has 1 N–H and O–H groups in total. The lowest BCUT2D eigenvalue weighted by Crippen LogP contribution is -2.53. The summed E-state index contributed by atoms with van der Waals surface area (Å²) in [6.07, 6.45) is 1.98. The van der Waals surface area contributed by atoms with Crippen LogP contribution in [0.5, 0.6) is 0 Å². The van der Waals surface area contributed by atoms with Crippen molar-refractivity contribution in [2.24, 2.45) is 0 Å². The van der Waals surface area contributed by atoms with Gasteiger partial charge in [0.25, 0.3) is 0 Å². The van der Waals surface area contributed by atoms with Gasteiger partial charge < -0.3 is 15.0 Å². The topological polar surface area (TPSA) is 48.3 Å². The highest BCUT2D eigenvalue weighted by molar-refractivity contribution is 6.30. The van der Waals surface area contributed by atoms with E-state index in [1.807, 2.05) is 6.07 Å². The molecular weight excluding hydrogens is 274 g/mol. The van der Waals surface area contributed by atoms with Crippen LogP contribution in [0, 0.1) is 11.3 Å². The molecule has 1 heterocycles. The van der Waals surface area contributed by atoms with Crippen molar-refractivity contribution in [3.63, 3.8) is 0 Å². The van der Waals surface area contributed by atoms with Crippen molar-refractivity contribution in [1.82, 2.24) is 4.90 Å². The van der Waals surface area contributed by atoms with Gasteiger partial charge in [-0.15, -0.1) is 0 Å². The van der Waals surface area contributed by atoms with E-state index in [0.29, 0.717) is 10.6 Å². The zero-order valence-corrected chi connectivity index (χ0v) is 12.7. The molecule has 0 radical (unpaired) electrons. The summed E-state index contributed by atoms with van der Waals surface area (Å²) in [6, 6.07) is 7.54. The average molecular weight is 294 g/mol. The van der Waals surface area contributed by atoms with Gasteiger partial charge >= 0.3 is 0 Å². The van der Waals surface area contributed by atoms with E-state index in [-0.39, 0.29) is 5.54 Å². The predicted molar refractivity (Wildman–Crippen MR) is 81.1 cm³/mol. The number of nitrogens with zero attached hydrogens (tertiary/aromatic N) is 2. The second kappa shape index (κ2) is 6.45. The SMILES string of the molecule is CN(C)C1(CNc2ccc(Cl)cc2C#N)CCOCC1. The zero-order valence-electron chi connectivity index (χ0n) is 11.9. The molecule has 5 heteroatoms. The molecule has 0 spiro atoms. The van der Waals surface area contributed by atoms with Crippen LogP contribution in [0.25, 0.3) is 0 Å². The first-order valence-corrected chi connectivity index (χ1v) is 7.14. The van der Waals surface area contributed by atoms with Gasteiger partial charge in [-0.25, -0.2) is 0 Å². The number of anilines is 1. The number of ether oxygens (including phenoxy) is 1. The fourth-order valence-corrected chi connectivity index (χ4v) is 2.73. The first-order chi connectivity index (χ1) is 9.57. The Morgan fingerprint density at radius 1 is 1.40 bits per heavy atom. The van der Waals surface area contributed by atoms with Gasteiger partial charge in [0, 0.05) is 30.3 Å². The minimum atomic E-state index is 0.0740. The van der Waals surface area contributed by atoms with Crippen LogP contribution in [-0.4, -0.2) is 44.3 Å². The van der Waals surface area contributed by atoms with Gasteiger partial charge in [0.2, 0.25) is 0 Å². The third-order valence-corrected chi connectivity index (χ3v) is 4.32. The molecule has 0 bridgehead atoms. The lowest BCUT2D eigenvalue weighted by atomic mass is 9.88. The molecule has 108 valence electrons. The number of rotatable bonds is 4. The summed E-state index contributed by atoms with van der Waals surface area (Å²) >= 11 is 5.92. The zero-order chi connectivity index (χ0) is 14.6. The number of halogens is 1. The molecule has 0 aromatic heterocycles. The lowest BCUT2D eigenvalue weighted by Gasteiger charge is -2.43. The fourth-order valence-electron chi connectivity index (χ4n) is 2.56. The van der Waals surface area contributed by atoms with Crippen molar-refractivity contribution in [2.75, 3.05) is 39.2 Å². The van der Waals surface area contributed by atoms with E-state index >= 15 is 0 Å². The van der Waals surface area contributed by atoms with Crippen LogP contribution in [0.4, 0.5) is 5.69 Å². The van der Waals surface area contributed by atoms with Crippen molar-refractivity contribution in [3.05, 3.63) is 28.8 Å². The first kappa shape index (κ1) is 15.1. The van der Waals surface area contributed by atoms with Gasteiger partial charge in [-0.3, -0.25) is 0 Å². The third kappa shape index (κ3) is 3.24. The highest BCUT2D eigenvalue weighted by Crippen LogP contribution is 2.27. The molecule has 1 aliphatic heterocycles. The molecule has 1 fully saturated rings. The highest BCUT2D eigenvalue weighted by Gasteiger charge is 2.34. The molecule has 0 aliphatic carbocycles. The van der Waals surface area contributed by atoms with Gasteiger partial charge in [-0.1, -0.05) is 11.6 Å². The number of nitriles is 1. The minimum absolute atomic E-state index is 0.0740. The summed E-state index contributed by atoms with van der Waals surface area (Å²) in [4.78, 5) is 2.25. The maximum absolute atomic E-state index is 9.17. The minimum Gasteiger partial charge on any atom is -0.382 e. The Kier molecular flexibility index (Phi) is 4.87. The molecule has 0 amide bonds. The van der Waals surface area contributed by atoms with E-state index in [1.165, 1.54) is 0 Å². The van der Waals surface area contributed by atoms with Crippen molar-refractivity contribution >= 4 is 17.3 Å². The summed E-state index contributed by atoms with van der Waals surface area (Å²) in [5.41, 5.74) is 1.49. The quantitative estimate of drug-likeness (QED) is 0.927. The first-order valence-electron chi connectivity index (χ1n) is 6.76. The Balaban J connectivity index is 2.12. The number of likely N-dealkylation sites (N-methyl/N-ethyl adjacent to an activating group) is 1. The van der Waals surface area contributed by atoms with Crippen LogP contribution in [-0.2, 0) is 4.74 Å². The molecule has 20 heavy (non-hydrogen) atoms. The number of benzene rings is 1. The summed E-state index contributed by atoms with van der Waals surface area (Å²) in [5.74, 6) is 0. The summed E-state index contributed by atoms with van der Waals surface area (Å²) in [7, 11) is 4.19. The molecule has 0 unspecified atom stereocenters. The van der Waals surface area contributed by atoms with Crippen molar-refractivity contribution < 1.29 is 4.74 Å². The van der Waals surface area contributed by atoms with Crippen molar-refractivity contribution in [2.45, 2.75) is 18.4 Å². The average Bonchev–Trinajstić information content (AvgIpc) is 2.46. The molecule has 0 saturated carbocycles. The van der Waals surface area contributed by atoms with E-state index in [4.69, 9.17) is 16.3 Å². The normalized spacial score (nSPS) is 17.8. The monoisotopic (exact) mass is 293 g/mol. The molecule has 4 nitrogen and oxygen atoms in total. The Morgan fingerprint density at radius 2 is 2.10 bits per heavy atom. The molecular formula is C15H20ClN3O. The van der Waals surface area contributed by atoms with Crippen LogP contribution >= 0.6 is 11.6 Å². The highest BCUT2D eigenvalue weighted by atomic mass is 35.5. The molecule has 1 aromatic rings. The van der Waals surface area contributed by atoms with Gasteiger partial charge in [0.15, 0.2) is 0 Å². The second-order valence-electron chi connectivity index (χ2n) is 5.39. The van der Waals surface area contributed by atoms with Gasteiger partial charge in [0.05, 0.1) is 11.3 Å². The van der Waals surface area contributed by atoms with E-state index < -0.39 is 0 Å². The second-order valence-corrected chi connectivity index (χ2v) is 5.82. The Morgan fingerprint density at radius 3 is 2.70 bits per heavy atom. The van der Waals surface area contributed by atoms with Crippen LogP contribution in [0.3, 0.4) is 0 Å². The largest absolute Gasteiger partial charge is 0.382 e. The van der Waals surface area contributed by atoms with E-state index in [9.17, 15) is 5.26 Å². The smallest absolute Gasteiger partial charge is 0.101 e. The van der Waals surface area contributed by atoms with Crippen LogP contribution < -0.4 is 5.32 Å². The third-order valence-electron chi connectivity index (χ3n) is 4.08. The maximum Gasteiger partial charge on any atom is 0.101 e. The Labute approximate surface area is 125 Å². The van der Waals surface area contributed by atoms with Crippen molar-refractivity contribution in [3.8, 4) is 6.07 Å². The Hall–Kier alpha value is -1.28. The molecule has 0 atom stereocenters. The molecule has 2 rings (SSSR count). The number of hydrogen-bond acceptors (Lipinski definition) is 4. The summed E-state index contributed by atoms with van der Waals surface area (Å²) in [6.45, 7) is 2.36. The summed E-state index contributed by atoms with van der Waals surface area (Å²) in [5, 5.41) is 13.2. The number of hydrogen-bond donors (Lipinski definition) is 1. The molecule has 1 saturated heterocycles. The van der Waals surface area contributed by atoms with Gasteiger partial charge in [-0.05, 0) is 45.1 Å². The summed E-state index contributed by atoms with van der Waals surface area (Å²) < 4.78 is 5.46. The van der Waals surface area contributed by atoms with E-state index in [0.717, 1.165) is 38.3 Å². The maximum atomic E-state index is 9.17. The lowest BCUT2D eigenvalue weighted by molar-refractivity contribution is -0.000629. The standard InChI is InChI=1S/C15H20ClN3O/c1-19(2)15(5-7-20-8-6-15)11-18-14-4-3-13(16)9-12(14)10-17/h3-4,9,18H,5-8,11H2,1-2H3. The Bertz CT molecular complexity index is 504. The van der Waals surface area contributed by atoms with Gasteiger partial charge in [0.1, 0.15) is 6.07 Å². The van der Waals surface area contributed by atoms with Crippen LogP contribution in [0.1, 0.15) is 18.4 Å². The fraction of sp³-hybridized carbons (Fsp3) is 0.533. The van der Waals surface area contributed by atoms with Crippen LogP contribution in [0.15, 0.2) is 18.2 Å². The van der Waals surface area contributed by atoms with E-state index in [1.54, 1.807) is 12.1 Å². The van der Waals surface area contributed by atoms with Crippen molar-refractivity contribution in [1.29, 1.82) is 5.26 Å². The van der Waals surface area contributed by atoms with Crippen LogP contribution in [0.2, 0.25) is 5.02 Å². The molecule has 1 aliphatic rings.